The van der Waals surface area contributed by atoms with Gasteiger partial charge in [0.2, 0.25) is 0 Å². The Balaban J connectivity index is 3.27. The van der Waals surface area contributed by atoms with Gasteiger partial charge < -0.3 is 0 Å². The lowest BCUT2D eigenvalue weighted by atomic mass is 10.2. The molecule has 6 heteroatoms. The minimum atomic E-state index is -4.56. The Kier molecular flexibility index (Phi) is 2.80. The second-order valence-electron chi connectivity index (χ2n) is 2.58. The van der Waals surface area contributed by atoms with Gasteiger partial charge in [-0.2, -0.15) is 13.2 Å². The van der Waals surface area contributed by atoms with Crippen LogP contribution < -0.4 is 0 Å². The number of aromatic nitrogens is 1. The molecule has 0 bridgehead atoms. The van der Waals surface area contributed by atoms with Crippen molar-refractivity contribution in [3.8, 4) is 0 Å². The van der Waals surface area contributed by atoms with E-state index in [1.54, 1.807) is 0 Å². The number of hydrogen-bond donors (Lipinski definition) is 0. The summed E-state index contributed by atoms with van der Waals surface area (Å²) in [5.41, 5.74) is -1.48. The minimum Gasteiger partial charge on any atom is -0.293 e. The predicted octanol–water partition coefficient (Wildman–Crippen LogP) is 2.96. The molecule has 1 aromatic heterocycles. The van der Waals surface area contributed by atoms with Gasteiger partial charge in [0.1, 0.15) is 11.4 Å². The normalized spacial score (nSPS) is 11.5. The topological polar surface area (TPSA) is 30.0 Å². The summed E-state index contributed by atoms with van der Waals surface area (Å²) in [6.07, 6.45) is -4.56. The summed E-state index contributed by atoms with van der Waals surface area (Å²) < 4.78 is 36.4. The van der Waals surface area contributed by atoms with Gasteiger partial charge in [-0.25, -0.2) is 4.98 Å². The maximum absolute atomic E-state index is 12.1. The van der Waals surface area contributed by atoms with E-state index in [9.17, 15) is 18.0 Å². The third-order valence-electron chi connectivity index (χ3n) is 1.47. The average Bonchev–Trinajstić information content (AvgIpc) is 2.02. The van der Waals surface area contributed by atoms with E-state index in [4.69, 9.17) is 11.6 Å². The van der Waals surface area contributed by atoms with E-state index in [1.165, 1.54) is 0 Å². The van der Waals surface area contributed by atoms with Crippen molar-refractivity contribution in [2.45, 2.75) is 13.1 Å². The second kappa shape index (κ2) is 3.57. The number of carbonyl (C=O) groups excluding carboxylic acids is 1. The number of Topliss-reactive ketones (excluding diaryl/α,β-unsaturated/α-hetero) is 1. The first-order valence-corrected chi connectivity index (χ1v) is 3.95. The summed E-state index contributed by atoms with van der Waals surface area (Å²) >= 11 is 5.49. The Hall–Kier alpha value is -1.10. The fourth-order valence-electron chi connectivity index (χ4n) is 0.847. The molecule has 0 aliphatic rings. The first kappa shape index (κ1) is 11.0. The van der Waals surface area contributed by atoms with Gasteiger partial charge in [0, 0.05) is 6.92 Å². The van der Waals surface area contributed by atoms with Crippen molar-refractivity contribution in [1.82, 2.24) is 4.98 Å². The molecule has 0 aliphatic heterocycles. The summed E-state index contributed by atoms with van der Waals surface area (Å²) in [5.74, 6) is -0.596. The van der Waals surface area contributed by atoms with Crippen molar-refractivity contribution < 1.29 is 18.0 Å². The van der Waals surface area contributed by atoms with E-state index in [0.29, 0.717) is 0 Å². The predicted molar refractivity (Wildman–Crippen MR) is 44.3 cm³/mol. The Bertz CT molecular complexity index is 375. The third-order valence-corrected chi connectivity index (χ3v) is 1.77. The molecule has 0 radical (unpaired) electrons. The summed E-state index contributed by atoms with van der Waals surface area (Å²) in [6, 6.07) is 1.74. The number of pyridine rings is 1. The Morgan fingerprint density at radius 3 is 2.43 bits per heavy atom. The van der Waals surface area contributed by atoms with Gasteiger partial charge in [-0.15, -0.1) is 0 Å². The molecule has 1 aromatic rings. The van der Waals surface area contributed by atoms with Crippen molar-refractivity contribution in [3.63, 3.8) is 0 Å². The summed E-state index contributed by atoms with van der Waals surface area (Å²) in [6.45, 7) is 1.11. The maximum Gasteiger partial charge on any atom is 0.433 e. The van der Waals surface area contributed by atoms with Gasteiger partial charge >= 0.3 is 6.18 Å². The largest absolute Gasteiger partial charge is 0.433 e. The molecule has 1 heterocycles. The average molecular weight is 224 g/mol. The van der Waals surface area contributed by atoms with Crippen molar-refractivity contribution in [2.24, 2.45) is 0 Å². The monoisotopic (exact) mass is 223 g/mol. The molecule has 76 valence electrons. The summed E-state index contributed by atoms with van der Waals surface area (Å²) in [4.78, 5) is 14.0. The van der Waals surface area contributed by atoms with Crippen LogP contribution in [0.15, 0.2) is 12.1 Å². The van der Waals surface area contributed by atoms with Crippen LogP contribution in [-0.4, -0.2) is 10.8 Å². The van der Waals surface area contributed by atoms with Crippen LogP contribution in [0.25, 0.3) is 0 Å². The zero-order valence-electron chi connectivity index (χ0n) is 7.02. The van der Waals surface area contributed by atoms with Crippen molar-refractivity contribution in [3.05, 3.63) is 28.5 Å². The Morgan fingerprint density at radius 2 is 2.00 bits per heavy atom. The minimum absolute atomic E-state index is 0.0782. The van der Waals surface area contributed by atoms with Crippen LogP contribution in [0.1, 0.15) is 23.1 Å². The number of hydrogen-bond acceptors (Lipinski definition) is 2. The van der Waals surface area contributed by atoms with Gasteiger partial charge in [0.15, 0.2) is 5.78 Å². The third kappa shape index (κ3) is 2.23. The highest BCUT2D eigenvalue weighted by Gasteiger charge is 2.33. The van der Waals surface area contributed by atoms with Crippen LogP contribution in [-0.2, 0) is 6.18 Å². The first-order valence-electron chi connectivity index (χ1n) is 3.57. The molecule has 0 saturated carbocycles. The maximum atomic E-state index is 12.1. The molecular weight excluding hydrogens is 219 g/mol. The van der Waals surface area contributed by atoms with Gasteiger partial charge in [-0.1, -0.05) is 11.6 Å². The zero-order chi connectivity index (χ0) is 10.9. The van der Waals surface area contributed by atoms with Crippen molar-refractivity contribution in [2.75, 3.05) is 0 Å². The van der Waals surface area contributed by atoms with Crippen LogP contribution in [0, 0.1) is 0 Å². The highest BCUT2D eigenvalue weighted by Crippen LogP contribution is 2.29. The zero-order valence-corrected chi connectivity index (χ0v) is 7.78. The number of halogens is 4. The van der Waals surface area contributed by atoms with Crippen LogP contribution >= 0.6 is 11.6 Å². The van der Waals surface area contributed by atoms with E-state index in [1.807, 2.05) is 0 Å². The van der Waals surface area contributed by atoms with Crippen LogP contribution in [0.3, 0.4) is 0 Å². The first-order chi connectivity index (χ1) is 6.32. The lowest BCUT2D eigenvalue weighted by Gasteiger charge is -2.07. The SMILES string of the molecule is CC(=O)c1nc(C(F)(F)F)ccc1Cl. The molecule has 0 fully saturated rings. The fraction of sp³-hybridized carbons (Fsp3) is 0.250. The van der Waals surface area contributed by atoms with Gasteiger partial charge in [-0.3, -0.25) is 4.79 Å². The van der Waals surface area contributed by atoms with Gasteiger partial charge in [-0.05, 0) is 12.1 Å². The number of ketones is 1. The van der Waals surface area contributed by atoms with Crippen LogP contribution in [0.4, 0.5) is 13.2 Å². The Labute approximate surface area is 82.7 Å². The molecular formula is C8H5ClF3NO. The lowest BCUT2D eigenvalue weighted by Crippen LogP contribution is -2.11. The second-order valence-corrected chi connectivity index (χ2v) is 2.99. The van der Waals surface area contributed by atoms with Crippen LogP contribution in [0.5, 0.6) is 0 Å². The summed E-state index contributed by atoms with van der Waals surface area (Å²) in [7, 11) is 0. The van der Waals surface area contributed by atoms with Crippen molar-refractivity contribution >= 4 is 17.4 Å². The fourth-order valence-corrected chi connectivity index (χ4v) is 1.09. The number of carbonyl (C=O) groups is 1. The Morgan fingerprint density at radius 1 is 1.43 bits per heavy atom. The number of nitrogens with zero attached hydrogens (tertiary/aromatic N) is 1. The van der Waals surface area contributed by atoms with Gasteiger partial charge in [0.25, 0.3) is 0 Å². The molecule has 0 saturated heterocycles. The lowest BCUT2D eigenvalue weighted by molar-refractivity contribution is -0.141. The smallest absolute Gasteiger partial charge is 0.293 e. The van der Waals surface area contributed by atoms with E-state index >= 15 is 0 Å². The molecule has 2 nitrogen and oxygen atoms in total. The highest BCUT2D eigenvalue weighted by atomic mass is 35.5. The molecule has 1 rings (SSSR count). The summed E-state index contributed by atoms with van der Waals surface area (Å²) in [5, 5.41) is -0.0782. The van der Waals surface area contributed by atoms with E-state index in [-0.39, 0.29) is 10.7 Å². The van der Waals surface area contributed by atoms with Crippen molar-refractivity contribution in [1.29, 1.82) is 0 Å². The molecule has 0 N–H and O–H groups in total. The van der Waals surface area contributed by atoms with E-state index < -0.39 is 17.7 Å². The van der Waals surface area contributed by atoms with E-state index in [0.717, 1.165) is 19.1 Å². The molecule has 0 aromatic carbocycles. The highest BCUT2D eigenvalue weighted by molar-refractivity contribution is 6.33. The molecule has 0 amide bonds. The van der Waals surface area contributed by atoms with E-state index in [2.05, 4.69) is 4.98 Å². The van der Waals surface area contributed by atoms with Gasteiger partial charge in [0.05, 0.1) is 5.02 Å². The molecule has 0 unspecified atom stereocenters. The molecule has 0 atom stereocenters. The molecule has 0 aliphatic carbocycles. The van der Waals surface area contributed by atoms with Crippen LogP contribution in [0.2, 0.25) is 5.02 Å². The number of rotatable bonds is 1. The standard InChI is InChI=1S/C8H5ClF3NO/c1-4(14)7-5(9)2-3-6(13-7)8(10,11)12/h2-3H,1H3. The molecule has 0 spiro atoms. The number of alkyl halides is 3. The quantitative estimate of drug-likeness (QED) is 0.685. The molecule has 14 heavy (non-hydrogen) atoms.